The first-order valence-corrected chi connectivity index (χ1v) is 7.38. The lowest BCUT2D eigenvalue weighted by Gasteiger charge is -2.14. The standard InChI is InChI=1S/C7H4ClF3INO4S/c1-16-4-5(18(8,14)15)3(2-13-6(4)12)17-7(9,10)11/h2H,1H3. The molecule has 18 heavy (non-hydrogen) atoms. The van der Waals surface area contributed by atoms with Crippen LogP contribution in [0.25, 0.3) is 0 Å². The highest BCUT2D eigenvalue weighted by molar-refractivity contribution is 14.1. The molecular weight excluding hydrogens is 413 g/mol. The molecule has 0 fully saturated rings. The highest BCUT2D eigenvalue weighted by atomic mass is 127. The molecule has 102 valence electrons. The Hall–Kier alpha value is -0.490. The van der Waals surface area contributed by atoms with Crippen LogP contribution < -0.4 is 9.47 Å². The molecule has 0 spiro atoms. The molecule has 0 aliphatic rings. The Morgan fingerprint density at radius 1 is 1.44 bits per heavy atom. The second-order valence-corrected chi connectivity index (χ2v) is 6.29. The van der Waals surface area contributed by atoms with Crippen LogP contribution in [0.2, 0.25) is 0 Å². The van der Waals surface area contributed by atoms with E-state index in [0.29, 0.717) is 6.20 Å². The fraction of sp³-hybridized carbons (Fsp3) is 0.286. The first-order valence-electron chi connectivity index (χ1n) is 3.99. The molecule has 0 aromatic carbocycles. The minimum absolute atomic E-state index is 0.0313. The highest BCUT2D eigenvalue weighted by Crippen LogP contribution is 2.39. The Balaban J connectivity index is 3.54. The number of rotatable bonds is 3. The van der Waals surface area contributed by atoms with Crippen molar-refractivity contribution in [2.24, 2.45) is 0 Å². The van der Waals surface area contributed by atoms with Gasteiger partial charge in [-0.25, -0.2) is 13.4 Å². The van der Waals surface area contributed by atoms with Crippen molar-refractivity contribution in [3.05, 3.63) is 9.90 Å². The summed E-state index contributed by atoms with van der Waals surface area (Å²) in [5.41, 5.74) is 0. The average molecular weight is 418 g/mol. The van der Waals surface area contributed by atoms with Gasteiger partial charge in [0.25, 0.3) is 9.05 Å². The van der Waals surface area contributed by atoms with Crippen LogP contribution in [0.5, 0.6) is 11.5 Å². The highest BCUT2D eigenvalue weighted by Gasteiger charge is 2.36. The van der Waals surface area contributed by atoms with Gasteiger partial charge < -0.3 is 9.47 Å². The monoisotopic (exact) mass is 417 g/mol. The Morgan fingerprint density at radius 3 is 2.39 bits per heavy atom. The van der Waals surface area contributed by atoms with E-state index in [1.54, 1.807) is 22.6 Å². The maximum absolute atomic E-state index is 12.1. The topological polar surface area (TPSA) is 65.5 Å². The zero-order chi connectivity index (χ0) is 14.1. The van der Waals surface area contributed by atoms with Gasteiger partial charge in [-0.05, 0) is 22.6 Å². The summed E-state index contributed by atoms with van der Waals surface area (Å²) in [6.07, 6.45) is -4.47. The van der Waals surface area contributed by atoms with E-state index in [9.17, 15) is 21.6 Å². The number of methoxy groups -OCH3 is 1. The number of aromatic nitrogens is 1. The molecule has 0 saturated heterocycles. The predicted octanol–water partition coefficient (Wildman–Crippen LogP) is 2.52. The fourth-order valence-electron chi connectivity index (χ4n) is 1.04. The van der Waals surface area contributed by atoms with Crippen LogP contribution in [0, 0.1) is 3.70 Å². The lowest BCUT2D eigenvalue weighted by atomic mass is 10.4. The molecule has 5 nitrogen and oxygen atoms in total. The zero-order valence-electron chi connectivity index (χ0n) is 8.46. The van der Waals surface area contributed by atoms with Gasteiger partial charge in [-0.2, -0.15) is 0 Å². The Labute approximate surface area is 118 Å². The molecule has 0 amide bonds. The Kier molecular flexibility index (Phi) is 4.54. The van der Waals surface area contributed by atoms with Gasteiger partial charge in [0, 0.05) is 10.7 Å². The van der Waals surface area contributed by atoms with Crippen molar-refractivity contribution in [1.29, 1.82) is 0 Å². The van der Waals surface area contributed by atoms with Gasteiger partial charge in [0.2, 0.25) is 0 Å². The fourth-order valence-corrected chi connectivity index (χ4v) is 3.03. The third kappa shape index (κ3) is 3.75. The van der Waals surface area contributed by atoms with Gasteiger partial charge in [-0.15, -0.1) is 13.2 Å². The minimum atomic E-state index is -5.07. The molecule has 11 heteroatoms. The lowest BCUT2D eigenvalue weighted by Crippen LogP contribution is -2.19. The van der Waals surface area contributed by atoms with Gasteiger partial charge in [-0.1, -0.05) is 0 Å². The van der Waals surface area contributed by atoms with Crippen molar-refractivity contribution in [3.63, 3.8) is 0 Å². The molecular formula is C7H4ClF3INO4S. The first kappa shape index (κ1) is 15.6. The molecule has 0 aliphatic carbocycles. The van der Waals surface area contributed by atoms with Crippen molar-refractivity contribution in [1.82, 2.24) is 4.98 Å². The molecule has 0 saturated carbocycles. The lowest BCUT2D eigenvalue weighted by molar-refractivity contribution is -0.275. The molecule has 1 aromatic heterocycles. The SMILES string of the molecule is COc1c(I)ncc(OC(F)(F)F)c1S(=O)(=O)Cl. The average Bonchev–Trinajstić information content (AvgIpc) is 2.16. The normalized spacial score (nSPS) is 12.3. The minimum Gasteiger partial charge on any atom is -0.492 e. The van der Waals surface area contributed by atoms with E-state index in [2.05, 4.69) is 14.5 Å². The number of alkyl halides is 3. The largest absolute Gasteiger partial charge is 0.573 e. The van der Waals surface area contributed by atoms with Crippen LogP contribution in [-0.2, 0) is 9.05 Å². The first-order chi connectivity index (χ1) is 8.06. The summed E-state index contributed by atoms with van der Waals surface area (Å²) in [6, 6.07) is 0. The van der Waals surface area contributed by atoms with E-state index in [4.69, 9.17) is 10.7 Å². The van der Waals surface area contributed by atoms with Crippen LogP contribution >= 0.6 is 33.3 Å². The number of nitrogens with zero attached hydrogens (tertiary/aromatic N) is 1. The van der Waals surface area contributed by atoms with Gasteiger partial charge in [0.05, 0.1) is 13.3 Å². The third-order valence-corrected chi connectivity index (χ3v) is 3.69. The van der Waals surface area contributed by atoms with Crippen LogP contribution in [0.4, 0.5) is 13.2 Å². The van der Waals surface area contributed by atoms with Gasteiger partial charge in [0.15, 0.2) is 16.4 Å². The molecule has 1 aromatic rings. The van der Waals surface area contributed by atoms with Crippen molar-refractivity contribution in [2.45, 2.75) is 11.3 Å². The molecule has 0 N–H and O–H groups in total. The van der Waals surface area contributed by atoms with Crippen LogP contribution in [-0.4, -0.2) is 26.9 Å². The second-order valence-electron chi connectivity index (χ2n) is 2.76. The van der Waals surface area contributed by atoms with Crippen LogP contribution in [0.1, 0.15) is 0 Å². The summed E-state index contributed by atoms with van der Waals surface area (Å²) in [7, 11) is 1.64. The van der Waals surface area contributed by atoms with Gasteiger partial charge in [-0.3, -0.25) is 0 Å². The van der Waals surface area contributed by atoms with Crippen LogP contribution in [0.3, 0.4) is 0 Å². The molecule has 0 radical (unpaired) electrons. The Bertz CT molecular complexity index is 563. The number of hydrogen-bond acceptors (Lipinski definition) is 5. The van der Waals surface area contributed by atoms with E-state index in [0.717, 1.165) is 7.11 Å². The summed E-state index contributed by atoms with van der Waals surface area (Å²) in [4.78, 5) is 2.61. The summed E-state index contributed by atoms with van der Waals surface area (Å²) >= 11 is 1.58. The number of hydrogen-bond donors (Lipinski definition) is 0. The van der Waals surface area contributed by atoms with Crippen molar-refractivity contribution >= 4 is 42.3 Å². The summed E-state index contributed by atoms with van der Waals surface area (Å²) in [5.74, 6) is -1.46. The zero-order valence-corrected chi connectivity index (χ0v) is 12.2. The number of ether oxygens (including phenoxy) is 2. The van der Waals surface area contributed by atoms with E-state index in [1.165, 1.54) is 0 Å². The maximum atomic E-state index is 12.1. The molecule has 0 unspecified atom stereocenters. The van der Waals surface area contributed by atoms with Crippen LogP contribution in [0.15, 0.2) is 11.1 Å². The smallest absolute Gasteiger partial charge is 0.492 e. The predicted molar refractivity (Wildman–Crippen MR) is 63.2 cm³/mol. The Morgan fingerprint density at radius 2 is 2.00 bits per heavy atom. The summed E-state index contributed by atoms with van der Waals surface area (Å²) in [5, 5.41) is 0. The second kappa shape index (κ2) is 5.25. The van der Waals surface area contributed by atoms with Crippen molar-refractivity contribution in [2.75, 3.05) is 7.11 Å². The molecule has 1 heterocycles. The van der Waals surface area contributed by atoms with E-state index in [-0.39, 0.29) is 3.70 Å². The maximum Gasteiger partial charge on any atom is 0.573 e. The van der Waals surface area contributed by atoms with Crippen molar-refractivity contribution in [3.8, 4) is 11.5 Å². The third-order valence-electron chi connectivity index (χ3n) is 1.59. The number of pyridine rings is 1. The van der Waals surface area contributed by atoms with Crippen molar-refractivity contribution < 1.29 is 31.1 Å². The van der Waals surface area contributed by atoms with Gasteiger partial charge >= 0.3 is 6.36 Å². The summed E-state index contributed by atoms with van der Waals surface area (Å²) in [6.45, 7) is 0. The number of halogens is 5. The molecule has 0 bridgehead atoms. The molecule has 0 aliphatic heterocycles. The van der Waals surface area contributed by atoms with E-state index < -0.39 is 31.8 Å². The van der Waals surface area contributed by atoms with E-state index >= 15 is 0 Å². The van der Waals surface area contributed by atoms with Gasteiger partial charge in [0.1, 0.15) is 3.70 Å². The molecule has 1 rings (SSSR count). The summed E-state index contributed by atoms with van der Waals surface area (Å²) < 4.78 is 67.2. The quantitative estimate of drug-likeness (QED) is 0.430. The molecule has 0 atom stereocenters. The van der Waals surface area contributed by atoms with E-state index in [1.807, 2.05) is 0 Å².